The maximum Gasteiger partial charge on any atom is 0.165 e. The van der Waals surface area contributed by atoms with Crippen molar-refractivity contribution in [1.82, 2.24) is 0 Å². The van der Waals surface area contributed by atoms with Crippen LogP contribution < -0.4 is 9.47 Å². The van der Waals surface area contributed by atoms with E-state index in [1.54, 1.807) is 14.2 Å². The van der Waals surface area contributed by atoms with Crippen molar-refractivity contribution in [3.63, 3.8) is 0 Å². The van der Waals surface area contributed by atoms with Crippen molar-refractivity contribution >= 4 is 11.9 Å². The normalized spacial score (nSPS) is 31.1. The maximum absolute atomic E-state index is 13.5. The average Bonchev–Trinajstić information content (AvgIpc) is 3.04. The van der Waals surface area contributed by atoms with Gasteiger partial charge in [0.15, 0.2) is 5.78 Å². The van der Waals surface area contributed by atoms with E-state index in [0.717, 1.165) is 48.3 Å². The van der Waals surface area contributed by atoms with E-state index in [1.165, 1.54) is 17.5 Å². The van der Waals surface area contributed by atoms with Gasteiger partial charge in [-0.2, -0.15) is 0 Å². The summed E-state index contributed by atoms with van der Waals surface area (Å²) in [5, 5.41) is 0. The quantitative estimate of drug-likeness (QED) is 0.607. The second-order valence-electron chi connectivity index (χ2n) is 9.41. The number of carbonyl (C=O) groups is 1. The van der Waals surface area contributed by atoms with Crippen LogP contribution in [-0.4, -0.2) is 20.0 Å². The molecule has 0 amide bonds. The Kier molecular flexibility index (Phi) is 4.72. The Hall–Kier alpha value is -2.55. The van der Waals surface area contributed by atoms with Crippen LogP contribution in [0.5, 0.6) is 11.5 Å². The monoisotopic (exact) mass is 402 g/mol. The molecule has 2 aromatic rings. The number of hydrogen-bond donors (Lipinski definition) is 0. The van der Waals surface area contributed by atoms with Gasteiger partial charge in [0.05, 0.1) is 14.2 Å². The molecule has 2 saturated carbocycles. The number of aryl methyl sites for hydroxylation is 1. The molecule has 3 heteroatoms. The molecule has 0 bridgehead atoms. The number of carbonyl (C=O) groups excluding carboxylic acids is 1. The zero-order valence-electron chi connectivity index (χ0n) is 18.1. The zero-order valence-corrected chi connectivity index (χ0v) is 18.1. The molecule has 4 atom stereocenters. The summed E-state index contributed by atoms with van der Waals surface area (Å²) in [6.45, 7) is 2.23. The standard InChI is InChI=1S/C27H30O3/c1-27-13-12-23-22-11-9-21(30-3)15-18(22)6-10-24(23)25(27)16-19(26(27)28)14-17-4-7-20(29-2)8-5-17/h4-5,7-9,11,14-15,23-25H,6,10,12-13,16H2,1-3H3. The van der Waals surface area contributed by atoms with Crippen LogP contribution >= 0.6 is 0 Å². The minimum Gasteiger partial charge on any atom is -0.497 e. The van der Waals surface area contributed by atoms with E-state index in [-0.39, 0.29) is 5.41 Å². The van der Waals surface area contributed by atoms with E-state index < -0.39 is 0 Å². The topological polar surface area (TPSA) is 35.5 Å². The van der Waals surface area contributed by atoms with E-state index in [4.69, 9.17) is 9.47 Å². The van der Waals surface area contributed by atoms with Crippen molar-refractivity contribution in [1.29, 1.82) is 0 Å². The lowest BCUT2D eigenvalue weighted by atomic mass is 9.55. The van der Waals surface area contributed by atoms with Crippen molar-refractivity contribution in [2.75, 3.05) is 14.2 Å². The third-order valence-corrected chi connectivity index (χ3v) is 8.03. The molecule has 4 unspecified atom stereocenters. The first kappa shape index (κ1) is 19.4. The minimum absolute atomic E-state index is 0.205. The van der Waals surface area contributed by atoms with Gasteiger partial charge in [0.2, 0.25) is 0 Å². The molecular formula is C27H30O3. The molecular weight excluding hydrogens is 372 g/mol. The van der Waals surface area contributed by atoms with Gasteiger partial charge in [-0.3, -0.25) is 4.79 Å². The number of hydrogen-bond acceptors (Lipinski definition) is 3. The highest BCUT2D eigenvalue weighted by molar-refractivity contribution is 6.06. The smallest absolute Gasteiger partial charge is 0.165 e. The van der Waals surface area contributed by atoms with Gasteiger partial charge in [-0.25, -0.2) is 0 Å². The van der Waals surface area contributed by atoms with Crippen LogP contribution in [0.1, 0.15) is 55.2 Å². The molecule has 3 aliphatic rings. The summed E-state index contributed by atoms with van der Waals surface area (Å²) in [4.78, 5) is 13.5. The first-order valence-corrected chi connectivity index (χ1v) is 11.1. The highest BCUT2D eigenvalue weighted by atomic mass is 16.5. The summed E-state index contributed by atoms with van der Waals surface area (Å²) in [5.41, 5.74) is 4.82. The number of Topliss-reactive ketones (excluding diaryl/α,β-unsaturated/α-hetero) is 1. The summed E-state index contributed by atoms with van der Waals surface area (Å²) in [7, 11) is 3.41. The van der Waals surface area contributed by atoms with Crippen LogP contribution in [0.25, 0.3) is 6.08 Å². The van der Waals surface area contributed by atoms with Crippen molar-refractivity contribution in [2.45, 2.75) is 44.9 Å². The van der Waals surface area contributed by atoms with Gasteiger partial charge in [0, 0.05) is 5.41 Å². The first-order valence-electron chi connectivity index (χ1n) is 11.1. The van der Waals surface area contributed by atoms with Crippen LogP contribution in [0.2, 0.25) is 0 Å². The van der Waals surface area contributed by atoms with Crippen LogP contribution in [0.15, 0.2) is 48.0 Å². The third kappa shape index (κ3) is 2.98. The number of fused-ring (bicyclic) bond motifs is 5. The van der Waals surface area contributed by atoms with Crippen LogP contribution in [0, 0.1) is 17.3 Å². The number of rotatable bonds is 3. The molecule has 2 aromatic carbocycles. The van der Waals surface area contributed by atoms with Crippen LogP contribution in [0.4, 0.5) is 0 Å². The van der Waals surface area contributed by atoms with Crippen molar-refractivity contribution < 1.29 is 14.3 Å². The molecule has 3 aliphatic carbocycles. The molecule has 0 heterocycles. The van der Waals surface area contributed by atoms with Crippen molar-refractivity contribution in [3.8, 4) is 11.5 Å². The van der Waals surface area contributed by atoms with Gasteiger partial charge in [0.25, 0.3) is 0 Å². The molecule has 3 nitrogen and oxygen atoms in total. The minimum atomic E-state index is -0.205. The molecule has 0 saturated heterocycles. The van der Waals surface area contributed by atoms with E-state index in [0.29, 0.717) is 23.5 Å². The Bertz CT molecular complexity index is 1000. The van der Waals surface area contributed by atoms with Gasteiger partial charge in [-0.1, -0.05) is 25.1 Å². The largest absolute Gasteiger partial charge is 0.497 e. The second kappa shape index (κ2) is 7.30. The van der Waals surface area contributed by atoms with Crippen molar-refractivity contribution in [3.05, 3.63) is 64.7 Å². The second-order valence-corrected chi connectivity index (χ2v) is 9.41. The lowest BCUT2D eigenvalue weighted by molar-refractivity contribution is -0.127. The molecule has 0 aromatic heterocycles. The molecule has 0 N–H and O–H groups in total. The van der Waals surface area contributed by atoms with E-state index >= 15 is 0 Å². The molecule has 0 spiro atoms. The molecule has 0 radical (unpaired) electrons. The highest BCUT2D eigenvalue weighted by Crippen LogP contribution is 2.60. The number of allylic oxidation sites excluding steroid dienone is 1. The highest BCUT2D eigenvalue weighted by Gasteiger charge is 2.56. The maximum atomic E-state index is 13.5. The Morgan fingerprint density at radius 1 is 1.00 bits per heavy atom. The summed E-state index contributed by atoms with van der Waals surface area (Å²) >= 11 is 0. The van der Waals surface area contributed by atoms with Gasteiger partial charge >= 0.3 is 0 Å². The fourth-order valence-electron chi connectivity index (χ4n) is 6.39. The number of ketones is 1. The lowest BCUT2D eigenvalue weighted by Gasteiger charge is -2.48. The number of methoxy groups -OCH3 is 2. The first-order chi connectivity index (χ1) is 14.5. The Morgan fingerprint density at radius 2 is 1.73 bits per heavy atom. The Morgan fingerprint density at radius 3 is 2.47 bits per heavy atom. The van der Waals surface area contributed by atoms with E-state index in [2.05, 4.69) is 31.2 Å². The summed E-state index contributed by atoms with van der Waals surface area (Å²) in [6, 6.07) is 14.6. The fraction of sp³-hybridized carbons (Fsp3) is 0.444. The van der Waals surface area contributed by atoms with Crippen LogP contribution in [-0.2, 0) is 11.2 Å². The predicted molar refractivity (Wildman–Crippen MR) is 119 cm³/mol. The summed E-state index contributed by atoms with van der Waals surface area (Å²) in [6.07, 6.45) is 7.39. The fourth-order valence-corrected chi connectivity index (χ4v) is 6.39. The lowest BCUT2D eigenvalue weighted by Crippen LogP contribution is -2.42. The predicted octanol–water partition coefficient (Wildman–Crippen LogP) is 5.82. The SMILES string of the molecule is COc1ccc(C=C2CC3C4CCc5cc(OC)ccc5C4CCC3(C)C2=O)cc1. The summed E-state index contributed by atoms with van der Waals surface area (Å²) < 4.78 is 10.7. The van der Waals surface area contributed by atoms with Gasteiger partial charge < -0.3 is 9.47 Å². The number of ether oxygens (including phenoxy) is 2. The van der Waals surface area contributed by atoms with Gasteiger partial charge in [-0.05, 0) is 102 Å². The zero-order chi connectivity index (χ0) is 20.9. The third-order valence-electron chi connectivity index (χ3n) is 8.03. The molecule has 30 heavy (non-hydrogen) atoms. The number of benzene rings is 2. The van der Waals surface area contributed by atoms with Crippen LogP contribution in [0.3, 0.4) is 0 Å². The molecule has 0 aliphatic heterocycles. The average molecular weight is 403 g/mol. The molecule has 2 fully saturated rings. The Labute approximate surface area is 179 Å². The summed E-state index contributed by atoms with van der Waals surface area (Å²) in [5.74, 6) is 3.79. The van der Waals surface area contributed by atoms with Crippen molar-refractivity contribution in [2.24, 2.45) is 17.3 Å². The Balaban J connectivity index is 1.45. The molecule has 156 valence electrons. The van der Waals surface area contributed by atoms with E-state index in [9.17, 15) is 4.79 Å². The molecule has 5 rings (SSSR count). The van der Waals surface area contributed by atoms with Gasteiger partial charge in [-0.15, -0.1) is 0 Å². The van der Waals surface area contributed by atoms with Gasteiger partial charge in [0.1, 0.15) is 11.5 Å². The van der Waals surface area contributed by atoms with E-state index in [1.807, 2.05) is 24.3 Å².